The Labute approximate surface area is 186 Å². The van der Waals surface area contributed by atoms with E-state index < -0.39 is 16.0 Å². The number of benzene rings is 4. The van der Waals surface area contributed by atoms with Crippen LogP contribution in [0, 0.1) is 6.92 Å². The number of nitrogens with zero attached hydrogens (tertiary/aromatic N) is 1. The van der Waals surface area contributed by atoms with Crippen LogP contribution in [0.2, 0.25) is 0 Å². The largest absolute Gasteiger partial charge is 0.422 e. The summed E-state index contributed by atoms with van der Waals surface area (Å²) in [6, 6.07) is 26.1. The molecule has 4 aromatic rings. The summed E-state index contributed by atoms with van der Waals surface area (Å²) >= 11 is 0. The summed E-state index contributed by atoms with van der Waals surface area (Å²) in [5, 5.41) is 5.61. The predicted octanol–water partition coefficient (Wildman–Crippen LogP) is 4.68. The first-order valence-electron chi connectivity index (χ1n) is 9.84. The molecule has 6 nitrogen and oxygen atoms in total. The van der Waals surface area contributed by atoms with Gasteiger partial charge in [-0.2, -0.15) is 13.5 Å². The van der Waals surface area contributed by atoms with Crippen LogP contribution in [0.15, 0.2) is 101 Å². The molecule has 0 aliphatic rings. The van der Waals surface area contributed by atoms with Crippen LogP contribution >= 0.6 is 0 Å². The summed E-state index contributed by atoms with van der Waals surface area (Å²) in [6.07, 6.45) is 1.35. The number of ether oxygens (including phenoxy) is 1. The Morgan fingerprint density at radius 1 is 0.875 bits per heavy atom. The van der Waals surface area contributed by atoms with Gasteiger partial charge in [-0.15, -0.1) is 0 Å². The van der Waals surface area contributed by atoms with Gasteiger partial charge in [-0.05, 0) is 48.0 Å². The van der Waals surface area contributed by atoms with Crippen molar-refractivity contribution in [2.24, 2.45) is 5.10 Å². The maximum atomic E-state index is 12.6. The number of esters is 1. The van der Waals surface area contributed by atoms with E-state index in [1.54, 1.807) is 42.5 Å². The van der Waals surface area contributed by atoms with Crippen molar-refractivity contribution in [3.05, 3.63) is 108 Å². The van der Waals surface area contributed by atoms with Crippen molar-refractivity contribution in [3.8, 4) is 5.75 Å². The van der Waals surface area contributed by atoms with Gasteiger partial charge in [0.2, 0.25) is 0 Å². The summed E-state index contributed by atoms with van der Waals surface area (Å²) in [4.78, 5) is 14.9. The van der Waals surface area contributed by atoms with Gasteiger partial charge in [-0.3, -0.25) is 0 Å². The van der Waals surface area contributed by atoms with Crippen molar-refractivity contribution in [2.45, 2.75) is 11.8 Å². The van der Waals surface area contributed by atoms with Crippen molar-refractivity contribution in [1.82, 2.24) is 4.83 Å². The number of hydrazone groups is 1. The molecule has 0 spiro atoms. The highest BCUT2D eigenvalue weighted by atomic mass is 32.2. The van der Waals surface area contributed by atoms with Crippen LogP contribution < -0.4 is 9.57 Å². The summed E-state index contributed by atoms with van der Waals surface area (Å²) in [7, 11) is -3.84. The molecule has 32 heavy (non-hydrogen) atoms. The number of nitrogens with one attached hydrogen (secondary N) is 1. The molecule has 0 bridgehead atoms. The number of aryl methyl sites for hydroxylation is 1. The molecule has 0 aromatic heterocycles. The van der Waals surface area contributed by atoms with Gasteiger partial charge in [0.15, 0.2) is 0 Å². The van der Waals surface area contributed by atoms with E-state index in [0.717, 1.165) is 16.3 Å². The number of carbonyl (C=O) groups is 1. The molecule has 0 aliphatic carbocycles. The SMILES string of the molecule is Cc1ccc(S(=O)(=O)NN=Cc2c(OC(=O)c3ccccc3)ccc3ccccc23)cc1. The van der Waals surface area contributed by atoms with Gasteiger partial charge in [0, 0.05) is 5.56 Å². The summed E-state index contributed by atoms with van der Waals surface area (Å²) in [5.41, 5.74) is 1.84. The molecule has 0 saturated carbocycles. The molecule has 0 atom stereocenters. The van der Waals surface area contributed by atoms with Gasteiger partial charge in [0.25, 0.3) is 10.0 Å². The molecule has 0 radical (unpaired) electrons. The van der Waals surface area contributed by atoms with Crippen molar-refractivity contribution in [1.29, 1.82) is 0 Å². The average molecular weight is 445 g/mol. The highest BCUT2D eigenvalue weighted by Crippen LogP contribution is 2.27. The fourth-order valence-electron chi connectivity index (χ4n) is 3.16. The quantitative estimate of drug-likeness (QED) is 0.203. The second kappa shape index (κ2) is 9.03. The monoisotopic (exact) mass is 444 g/mol. The van der Waals surface area contributed by atoms with Crippen molar-refractivity contribution >= 4 is 33.0 Å². The Morgan fingerprint density at radius 2 is 1.56 bits per heavy atom. The second-order valence-corrected chi connectivity index (χ2v) is 8.78. The maximum Gasteiger partial charge on any atom is 0.343 e. The molecule has 4 aromatic carbocycles. The van der Waals surface area contributed by atoms with Crippen LogP contribution in [-0.2, 0) is 10.0 Å². The Balaban J connectivity index is 1.66. The van der Waals surface area contributed by atoms with E-state index >= 15 is 0 Å². The maximum absolute atomic E-state index is 12.6. The molecular weight excluding hydrogens is 424 g/mol. The third-order valence-electron chi connectivity index (χ3n) is 4.84. The number of rotatable bonds is 6. The summed E-state index contributed by atoms with van der Waals surface area (Å²) < 4.78 is 30.7. The van der Waals surface area contributed by atoms with E-state index in [0.29, 0.717) is 11.1 Å². The lowest BCUT2D eigenvalue weighted by Gasteiger charge is -2.11. The van der Waals surface area contributed by atoms with Crippen LogP contribution in [0.3, 0.4) is 0 Å². The zero-order valence-corrected chi connectivity index (χ0v) is 18.0. The molecule has 0 amide bonds. The van der Waals surface area contributed by atoms with E-state index in [9.17, 15) is 13.2 Å². The van der Waals surface area contributed by atoms with Gasteiger partial charge in [-0.25, -0.2) is 9.63 Å². The molecule has 0 saturated heterocycles. The molecule has 0 unspecified atom stereocenters. The van der Waals surface area contributed by atoms with Gasteiger partial charge in [-0.1, -0.05) is 66.2 Å². The summed E-state index contributed by atoms with van der Waals surface area (Å²) in [6.45, 7) is 1.88. The van der Waals surface area contributed by atoms with Gasteiger partial charge < -0.3 is 4.74 Å². The summed E-state index contributed by atoms with van der Waals surface area (Å²) in [5.74, 6) is -0.244. The number of hydrogen-bond donors (Lipinski definition) is 1. The van der Waals surface area contributed by atoms with Crippen molar-refractivity contribution < 1.29 is 17.9 Å². The topological polar surface area (TPSA) is 84.8 Å². The fraction of sp³-hybridized carbons (Fsp3) is 0.0400. The zero-order chi connectivity index (χ0) is 22.6. The van der Waals surface area contributed by atoms with E-state index in [2.05, 4.69) is 9.93 Å². The van der Waals surface area contributed by atoms with E-state index in [1.807, 2.05) is 43.3 Å². The molecule has 1 N–H and O–H groups in total. The van der Waals surface area contributed by atoms with E-state index in [4.69, 9.17) is 4.74 Å². The Hall–Kier alpha value is -3.97. The van der Waals surface area contributed by atoms with Crippen LogP contribution in [0.25, 0.3) is 10.8 Å². The minimum atomic E-state index is -3.84. The first kappa shape index (κ1) is 21.3. The number of fused-ring (bicyclic) bond motifs is 1. The van der Waals surface area contributed by atoms with Crippen LogP contribution in [-0.4, -0.2) is 20.6 Å². The van der Waals surface area contributed by atoms with Crippen LogP contribution in [0.4, 0.5) is 0 Å². The fourth-order valence-corrected chi connectivity index (χ4v) is 3.95. The normalized spacial score (nSPS) is 11.5. The lowest BCUT2D eigenvalue weighted by Crippen LogP contribution is -2.18. The molecule has 0 fully saturated rings. The lowest BCUT2D eigenvalue weighted by atomic mass is 10.0. The standard InChI is InChI=1S/C25H20N2O4S/c1-18-11-14-21(15-12-18)32(29,30)27-26-17-23-22-10-6-5-7-19(22)13-16-24(23)31-25(28)20-8-3-2-4-9-20/h2-17,27H,1H3. The van der Waals surface area contributed by atoms with E-state index in [1.165, 1.54) is 18.3 Å². The van der Waals surface area contributed by atoms with Crippen molar-refractivity contribution in [2.75, 3.05) is 0 Å². The highest BCUT2D eigenvalue weighted by molar-refractivity contribution is 7.89. The second-order valence-electron chi connectivity index (χ2n) is 7.12. The zero-order valence-electron chi connectivity index (χ0n) is 17.2. The predicted molar refractivity (Wildman–Crippen MR) is 124 cm³/mol. The first-order chi connectivity index (χ1) is 15.4. The minimum absolute atomic E-state index is 0.105. The smallest absolute Gasteiger partial charge is 0.343 e. The molecule has 0 heterocycles. The average Bonchev–Trinajstić information content (AvgIpc) is 2.81. The minimum Gasteiger partial charge on any atom is -0.422 e. The molecule has 160 valence electrons. The van der Waals surface area contributed by atoms with Crippen LogP contribution in [0.5, 0.6) is 5.75 Å². The number of carbonyl (C=O) groups excluding carboxylic acids is 1. The van der Waals surface area contributed by atoms with E-state index in [-0.39, 0.29) is 10.6 Å². The van der Waals surface area contributed by atoms with Gasteiger partial charge in [0.1, 0.15) is 5.75 Å². The Bertz CT molecular complexity index is 1400. The Morgan fingerprint density at radius 3 is 2.31 bits per heavy atom. The first-order valence-corrected chi connectivity index (χ1v) is 11.3. The highest BCUT2D eigenvalue weighted by Gasteiger charge is 2.15. The van der Waals surface area contributed by atoms with Crippen LogP contribution in [0.1, 0.15) is 21.5 Å². The lowest BCUT2D eigenvalue weighted by molar-refractivity contribution is 0.0734. The third kappa shape index (κ3) is 4.68. The molecule has 4 rings (SSSR count). The van der Waals surface area contributed by atoms with Gasteiger partial charge >= 0.3 is 5.97 Å². The molecule has 7 heteroatoms. The number of sulfonamides is 1. The third-order valence-corrected chi connectivity index (χ3v) is 6.08. The van der Waals surface area contributed by atoms with Crippen molar-refractivity contribution in [3.63, 3.8) is 0 Å². The molecule has 0 aliphatic heterocycles. The van der Waals surface area contributed by atoms with Gasteiger partial charge in [0.05, 0.1) is 16.7 Å². The number of hydrogen-bond acceptors (Lipinski definition) is 5. The molecular formula is C25H20N2O4S. The Kier molecular flexibility index (Phi) is 6.00.